The smallest absolute Gasteiger partial charge is 0.149 e. The fourth-order valence-electron chi connectivity index (χ4n) is 0.806. The molecule has 0 N–H and O–H groups in total. The minimum atomic E-state index is -0.0937. The largest absolute Gasteiger partial charge is 0.298 e. The van der Waals surface area contributed by atoms with Crippen LogP contribution in [0.25, 0.3) is 0 Å². The first-order valence-corrected chi connectivity index (χ1v) is 4.82. The number of carbonyl (C=O) groups excluding carboxylic acids is 1. The molecule has 0 aliphatic rings. The molecule has 0 fully saturated rings. The van der Waals surface area contributed by atoms with Crippen molar-refractivity contribution >= 4 is 21.7 Å². The molecule has 0 rings (SSSR count). The lowest BCUT2D eigenvalue weighted by molar-refractivity contribution is -0.125. The maximum Gasteiger partial charge on any atom is 0.149 e. The van der Waals surface area contributed by atoms with E-state index in [0.717, 1.165) is 12.8 Å². The third kappa shape index (κ3) is 2.08. The molecule has 60 valence electrons. The molecule has 0 spiro atoms. The van der Waals surface area contributed by atoms with Gasteiger partial charge in [0, 0.05) is 5.41 Å². The molecule has 0 bridgehead atoms. The predicted octanol–water partition coefficient (Wildman–Crippen LogP) is 2.78. The van der Waals surface area contributed by atoms with E-state index >= 15 is 0 Å². The maximum absolute atomic E-state index is 11.2. The van der Waals surface area contributed by atoms with E-state index in [1.54, 1.807) is 0 Å². The van der Waals surface area contributed by atoms with Gasteiger partial charge in [0.05, 0.1) is 5.33 Å². The average Bonchev–Trinajstić information content (AvgIpc) is 2.01. The summed E-state index contributed by atoms with van der Waals surface area (Å²) >= 11 is 3.18. The molecule has 0 atom stereocenters. The molecule has 1 nitrogen and oxygen atoms in total. The molecule has 0 amide bonds. The van der Waals surface area contributed by atoms with Crippen LogP contribution in [0, 0.1) is 5.41 Å². The molecule has 0 aliphatic carbocycles. The van der Waals surface area contributed by atoms with E-state index in [-0.39, 0.29) is 5.41 Å². The van der Waals surface area contributed by atoms with Gasteiger partial charge in [0.15, 0.2) is 0 Å². The molecule has 10 heavy (non-hydrogen) atoms. The minimum absolute atomic E-state index is 0.0937. The SMILES string of the molecule is CCC(C)(CC)C(=O)CBr. The van der Waals surface area contributed by atoms with E-state index in [1.807, 2.05) is 6.92 Å². The second-order valence-corrected chi connectivity index (χ2v) is 3.39. The van der Waals surface area contributed by atoms with Gasteiger partial charge >= 0.3 is 0 Å². The molecule has 0 radical (unpaired) electrons. The zero-order valence-corrected chi connectivity index (χ0v) is 8.49. The van der Waals surface area contributed by atoms with Gasteiger partial charge in [-0.05, 0) is 12.8 Å². The Balaban J connectivity index is 4.17. The van der Waals surface area contributed by atoms with Crippen molar-refractivity contribution in [2.24, 2.45) is 5.41 Å². The summed E-state index contributed by atoms with van der Waals surface area (Å²) in [6.45, 7) is 6.14. The van der Waals surface area contributed by atoms with Gasteiger partial charge in [-0.25, -0.2) is 0 Å². The molecule has 2 heteroatoms. The van der Waals surface area contributed by atoms with Crippen molar-refractivity contribution in [3.63, 3.8) is 0 Å². The fraction of sp³-hybridized carbons (Fsp3) is 0.875. The molecule has 0 heterocycles. The van der Waals surface area contributed by atoms with Crippen LogP contribution >= 0.6 is 15.9 Å². The van der Waals surface area contributed by atoms with Gasteiger partial charge in [-0.15, -0.1) is 0 Å². The van der Waals surface area contributed by atoms with E-state index in [2.05, 4.69) is 29.8 Å². The van der Waals surface area contributed by atoms with Gasteiger partial charge in [-0.1, -0.05) is 36.7 Å². The zero-order valence-electron chi connectivity index (χ0n) is 6.91. The predicted molar refractivity (Wildman–Crippen MR) is 47.5 cm³/mol. The summed E-state index contributed by atoms with van der Waals surface area (Å²) in [6.07, 6.45) is 1.88. The van der Waals surface area contributed by atoms with E-state index in [4.69, 9.17) is 0 Å². The molecule has 0 aromatic heterocycles. The summed E-state index contributed by atoms with van der Waals surface area (Å²) < 4.78 is 0. The molecule has 0 aromatic rings. The highest BCUT2D eigenvalue weighted by atomic mass is 79.9. The van der Waals surface area contributed by atoms with Crippen LogP contribution in [0.5, 0.6) is 0 Å². The second-order valence-electron chi connectivity index (χ2n) is 2.82. The van der Waals surface area contributed by atoms with Gasteiger partial charge in [0.2, 0.25) is 0 Å². The van der Waals surface area contributed by atoms with Crippen molar-refractivity contribution in [3.05, 3.63) is 0 Å². The molecular weight excluding hydrogens is 192 g/mol. The number of halogens is 1. The standard InChI is InChI=1S/C8H15BrO/c1-4-8(3,5-2)7(10)6-9/h4-6H2,1-3H3. The van der Waals surface area contributed by atoms with Crippen LogP contribution in [0.2, 0.25) is 0 Å². The number of ketones is 1. The molecule has 0 unspecified atom stereocenters. The van der Waals surface area contributed by atoms with Gasteiger partial charge in [-0.3, -0.25) is 4.79 Å². The lowest BCUT2D eigenvalue weighted by Crippen LogP contribution is -2.27. The van der Waals surface area contributed by atoms with Crippen LogP contribution < -0.4 is 0 Å². The number of rotatable bonds is 4. The highest BCUT2D eigenvalue weighted by Crippen LogP contribution is 2.26. The van der Waals surface area contributed by atoms with E-state index in [9.17, 15) is 4.79 Å². The summed E-state index contributed by atoms with van der Waals surface area (Å²) in [6, 6.07) is 0. The molecule has 0 aliphatic heterocycles. The topological polar surface area (TPSA) is 17.1 Å². The number of alkyl halides is 1. The lowest BCUT2D eigenvalue weighted by atomic mass is 9.81. The number of carbonyl (C=O) groups is 1. The Morgan fingerprint density at radius 1 is 1.40 bits per heavy atom. The minimum Gasteiger partial charge on any atom is -0.298 e. The third-order valence-corrected chi connectivity index (χ3v) is 2.86. The molecule has 0 saturated heterocycles. The molecule has 0 aromatic carbocycles. The zero-order chi connectivity index (χ0) is 8.20. The number of Topliss-reactive ketones (excluding diaryl/α,β-unsaturated/α-hetero) is 1. The van der Waals surface area contributed by atoms with Crippen LogP contribution in [0.1, 0.15) is 33.6 Å². The van der Waals surface area contributed by atoms with Crippen LogP contribution in [0.4, 0.5) is 0 Å². The Morgan fingerprint density at radius 3 is 1.90 bits per heavy atom. The second kappa shape index (κ2) is 4.12. The highest BCUT2D eigenvalue weighted by Gasteiger charge is 2.27. The molecule has 0 saturated carbocycles. The van der Waals surface area contributed by atoms with Gasteiger partial charge in [-0.2, -0.15) is 0 Å². The number of hydrogen-bond donors (Lipinski definition) is 0. The van der Waals surface area contributed by atoms with Crippen LogP contribution in [0.3, 0.4) is 0 Å². The maximum atomic E-state index is 11.2. The highest BCUT2D eigenvalue weighted by molar-refractivity contribution is 9.09. The van der Waals surface area contributed by atoms with Crippen molar-refractivity contribution in [2.75, 3.05) is 5.33 Å². The third-order valence-electron chi connectivity index (χ3n) is 2.36. The van der Waals surface area contributed by atoms with Crippen molar-refractivity contribution in [2.45, 2.75) is 33.6 Å². The quantitative estimate of drug-likeness (QED) is 0.648. The van der Waals surface area contributed by atoms with Crippen molar-refractivity contribution < 1.29 is 4.79 Å². The van der Waals surface area contributed by atoms with E-state index in [1.165, 1.54) is 0 Å². The van der Waals surface area contributed by atoms with Crippen molar-refractivity contribution in [3.8, 4) is 0 Å². The Labute approximate surface area is 71.3 Å². The first-order chi connectivity index (χ1) is 4.60. The van der Waals surface area contributed by atoms with Crippen molar-refractivity contribution in [1.82, 2.24) is 0 Å². The fourth-order valence-corrected chi connectivity index (χ4v) is 1.48. The van der Waals surface area contributed by atoms with Crippen LogP contribution in [0.15, 0.2) is 0 Å². The van der Waals surface area contributed by atoms with Gasteiger partial charge in [0.1, 0.15) is 5.78 Å². The summed E-state index contributed by atoms with van der Waals surface area (Å²) in [5.74, 6) is 0.317. The molecular formula is C8H15BrO. The Morgan fingerprint density at radius 2 is 1.80 bits per heavy atom. The van der Waals surface area contributed by atoms with E-state index in [0.29, 0.717) is 11.1 Å². The van der Waals surface area contributed by atoms with Crippen LogP contribution in [-0.4, -0.2) is 11.1 Å². The Bertz CT molecular complexity index is 116. The Kier molecular flexibility index (Phi) is 4.18. The first kappa shape index (κ1) is 10.2. The summed E-state index contributed by atoms with van der Waals surface area (Å²) in [5, 5.41) is 0.491. The first-order valence-electron chi connectivity index (χ1n) is 3.70. The number of hydrogen-bond acceptors (Lipinski definition) is 1. The average molecular weight is 207 g/mol. The normalized spacial score (nSPS) is 11.6. The summed E-state index contributed by atoms with van der Waals surface area (Å²) in [7, 11) is 0. The Hall–Kier alpha value is 0.150. The van der Waals surface area contributed by atoms with Crippen LogP contribution in [-0.2, 0) is 4.79 Å². The summed E-state index contributed by atoms with van der Waals surface area (Å²) in [4.78, 5) is 11.2. The monoisotopic (exact) mass is 206 g/mol. The lowest BCUT2D eigenvalue weighted by Gasteiger charge is -2.23. The summed E-state index contributed by atoms with van der Waals surface area (Å²) in [5.41, 5.74) is -0.0937. The van der Waals surface area contributed by atoms with Crippen molar-refractivity contribution in [1.29, 1.82) is 0 Å². The van der Waals surface area contributed by atoms with E-state index < -0.39 is 0 Å². The van der Waals surface area contributed by atoms with Gasteiger partial charge in [0.25, 0.3) is 0 Å². The van der Waals surface area contributed by atoms with Gasteiger partial charge < -0.3 is 0 Å².